The molecule has 0 spiro atoms. The number of thiazole rings is 1. The molecule has 1 saturated carbocycles. The third kappa shape index (κ3) is 6.43. The number of carbonyl (C=O) groups excluding carboxylic acids is 2. The van der Waals surface area contributed by atoms with Gasteiger partial charge in [0.15, 0.2) is 16.6 Å². The highest BCUT2D eigenvalue weighted by Crippen LogP contribution is 2.33. The molecule has 1 fully saturated rings. The molecule has 2 amide bonds. The summed E-state index contributed by atoms with van der Waals surface area (Å²) in [4.78, 5) is 29.0. The highest BCUT2D eigenvalue weighted by atomic mass is 32.1. The van der Waals surface area contributed by atoms with Crippen LogP contribution in [0.1, 0.15) is 57.8 Å². The van der Waals surface area contributed by atoms with E-state index in [1.165, 1.54) is 11.3 Å². The fourth-order valence-electron chi connectivity index (χ4n) is 3.28. The van der Waals surface area contributed by atoms with Gasteiger partial charge in [-0.05, 0) is 50.3 Å². The minimum atomic E-state index is -0.171. The van der Waals surface area contributed by atoms with Crippen molar-refractivity contribution in [1.29, 1.82) is 0 Å². The Balaban J connectivity index is 1.65. The molecule has 7 nitrogen and oxygen atoms in total. The lowest BCUT2D eigenvalue weighted by Crippen LogP contribution is -2.33. The molecule has 3 rings (SSSR count). The van der Waals surface area contributed by atoms with E-state index < -0.39 is 0 Å². The summed E-state index contributed by atoms with van der Waals surface area (Å²) in [6.07, 6.45) is 2.05. The normalized spacial score (nSPS) is 14.2. The third-order valence-corrected chi connectivity index (χ3v) is 5.79. The predicted octanol–water partition coefficient (Wildman–Crippen LogP) is 4.35. The minimum Gasteiger partial charge on any atom is -0.490 e. The number of hydrogen-bond acceptors (Lipinski definition) is 6. The standard InChI is InChI=1S/C23H31N3O4S/c1-5-29-18-10-9-16(11-19(18)30-6-2)21(14(3)4)25-20(27)12-17-13-31-23(24-17)26-22(28)15-7-8-15/h9-11,13-15,21H,5-8,12H2,1-4H3,(H,25,27)(H,24,26,28). The minimum absolute atomic E-state index is 0.0193. The number of anilines is 1. The maximum absolute atomic E-state index is 12.7. The average molecular weight is 446 g/mol. The Bertz CT molecular complexity index is 908. The maximum Gasteiger partial charge on any atom is 0.229 e. The van der Waals surface area contributed by atoms with Crippen LogP contribution in [0.25, 0.3) is 0 Å². The van der Waals surface area contributed by atoms with E-state index in [9.17, 15) is 9.59 Å². The Kier molecular flexibility index (Phi) is 7.90. The van der Waals surface area contributed by atoms with Crippen LogP contribution in [0, 0.1) is 11.8 Å². The third-order valence-electron chi connectivity index (χ3n) is 4.98. The van der Waals surface area contributed by atoms with Crippen molar-refractivity contribution in [3.63, 3.8) is 0 Å². The number of nitrogens with one attached hydrogen (secondary N) is 2. The number of rotatable bonds is 11. The van der Waals surface area contributed by atoms with Gasteiger partial charge in [-0.2, -0.15) is 0 Å². The van der Waals surface area contributed by atoms with E-state index >= 15 is 0 Å². The number of nitrogens with zero attached hydrogens (tertiary/aromatic N) is 1. The van der Waals surface area contributed by atoms with Gasteiger partial charge in [-0.25, -0.2) is 4.98 Å². The first-order valence-electron chi connectivity index (χ1n) is 10.8. The lowest BCUT2D eigenvalue weighted by atomic mass is 9.95. The molecular weight excluding hydrogens is 414 g/mol. The summed E-state index contributed by atoms with van der Waals surface area (Å²) in [7, 11) is 0. The molecule has 0 aliphatic heterocycles. The fraction of sp³-hybridized carbons (Fsp3) is 0.522. The largest absolute Gasteiger partial charge is 0.490 e. The van der Waals surface area contributed by atoms with Crippen LogP contribution in [0.4, 0.5) is 5.13 Å². The molecule has 1 aromatic carbocycles. The second-order valence-corrected chi connectivity index (χ2v) is 8.80. The van der Waals surface area contributed by atoms with Gasteiger partial charge in [0, 0.05) is 11.3 Å². The zero-order chi connectivity index (χ0) is 22.4. The van der Waals surface area contributed by atoms with E-state index in [0.717, 1.165) is 18.4 Å². The molecule has 1 aliphatic rings. The Morgan fingerprint density at radius 3 is 2.52 bits per heavy atom. The smallest absolute Gasteiger partial charge is 0.229 e. The van der Waals surface area contributed by atoms with Gasteiger partial charge >= 0.3 is 0 Å². The predicted molar refractivity (Wildman–Crippen MR) is 122 cm³/mol. The van der Waals surface area contributed by atoms with E-state index in [2.05, 4.69) is 29.5 Å². The number of benzene rings is 1. The summed E-state index contributed by atoms with van der Waals surface area (Å²) in [5, 5.41) is 8.31. The topological polar surface area (TPSA) is 89.6 Å². The summed E-state index contributed by atoms with van der Waals surface area (Å²) < 4.78 is 11.4. The van der Waals surface area contributed by atoms with Crippen LogP contribution in [0.15, 0.2) is 23.6 Å². The first-order valence-corrected chi connectivity index (χ1v) is 11.7. The van der Waals surface area contributed by atoms with Gasteiger partial charge in [-0.3, -0.25) is 9.59 Å². The molecule has 0 radical (unpaired) electrons. The van der Waals surface area contributed by atoms with E-state index in [1.54, 1.807) is 0 Å². The van der Waals surface area contributed by atoms with Crippen molar-refractivity contribution in [2.45, 2.75) is 53.0 Å². The molecule has 0 bridgehead atoms. The van der Waals surface area contributed by atoms with E-state index in [-0.39, 0.29) is 36.1 Å². The molecule has 1 atom stereocenters. The van der Waals surface area contributed by atoms with Gasteiger partial charge < -0.3 is 20.1 Å². The second-order valence-electron chi connectivity index (χ2n) is 7.95. The molecule has 0 saturated heterocycles. The summed E-state index contributed by atoms with van der Waals surface area (Å²) in [6.45, 7) is 9.08. The first-order chi connectivity index (χ1) is 14.9. The lowest BCUT2D eigenvalue weighted by Gasteiger charge is -2.24. The number of aromatic nitrogens is 1. The number of hydrogen-bond donors (Lipinski definition) is 2. The van der Waals surface area contributed by atoms with Crippen LogP contribution >= 0.6 is 11.3 Å². The Labute approximate surface area is 187 Å². The molecule has 2 aromatic rings. The molecule has 8 heteroatoms. The van der Waals surface area contributed by atoms with Gasteiger partial charge in [0.2, 0.25) is 11.8 Å². The number of ether oxygens (including phenoxy) is 2. The molecule has 1 unspecified atom stereocenters. The van der Waals surface area contributed by atoms with Crippen molar-refractivity contribution in [2.24, 2.45) is 11.8 Å². The number of carbonyl (C=O) groups is 2. The van der Waals surface area contributed by atoms with E-state index in [4.69, 9.17) is 9.47 Å². The summed E-state index contributed by atoms with van der Waals surface area (Å²) >= 11 is 1.35. The van der Waals surface area contributed by atoms with Gasteiger partial charge in [0.05, 0.1) is 31.4 Å². The molecule has 1 aliphatic carbocycles. The van der Waals surface area contributed by atoms with Gasteiger partial charge in [0.1, 0.15) is 0 Å². The van der Waals surface area contributed by atoms with Crippen molar-refractivity contribution in [3.8, 4) is 11.5 Å². The quantitative estimate of drug-likeness (QED) is 0.537. The van der Waals surface area contributed by atoms with Crippen LogP contribution in [-0.4, -0.2) is 30.0 Å². The number of amides is 2. The van der Waals surface area contributed by atoms with E-state index in [0.29, 0.717) is 35.5 Å². The molecule has 1 heterocycles. The van der Waals surface area contributed by atoms with Gasteiger partial charge in [-0.1, -0.05) is 19.9 Å². The summed E-state index contributed by atoms with van der Waals surface area (Å²) in [5.74, 6) is 1.59. The highest BCUT2D eigenvalue weighted by Gasteiger charge is 2.30. The van der Waals surface area contributed by atoms with Gasteiger partial charge in [0.25, 0.3) is 0 Å². The van der Waals surface area contributed by atoms with Crippen LogP contribution in [0.5, 0.6) is 11.5 Å². The monoisotopic (exact) mass is 445 g/mol. The average Bonchev–Trinajstić information content (AvgIpc) is 3.49. The van der Waals surface area contributed by atoms with Gasteiger partial charge in [-0.15, -0.1) is 11.3 Å². The summed E-state index contributed by atoms with van der Waals surface area (Å²) in [6, 6.07) is 5.62. The molecule has 2 N–H and O–H groups in total. The maximum atomic E-state index is 12.7. The van der Waals surface area contributed by atoms with Crippen LogP contribution in [0.2, 0.25) is 0 Å². The van der Waals surface area contributed by atoms with Crippen LogP contribution < -0.4 is 20.1 Å². The summed E-state index contributed by atoms with van der Waals surface area (Å²) in [5.41, 5.74) is 1.61. The Hall–Kier alpha value is -2.61. The zero-order valence-corrected chi connectivity index (χ0v) is 19.4. The zero-order valence-electron chi connectivity index (χ0n) is 18.6. The SMILES string of the molecule is CCOc1ccc(C(NC(=O)Cc2csc(NC(=O)C3CC3)n2)C(C)C)cc1OCC. The van der Waals surface area contributed by atoms with Crippen molar-refractivity contribution in [1.82, 2.24) is 10.3 Å². The fourth-order valence-corrected chi connectivity index (χ4v) is 4.00. The van der Waals surface area contributed by atoms with Crippen molar-refractivity contribution < 1.29 is 19.1 Å². The van der Waals surface area contributed by atoms with Crippen LogP contribution in [0.3, 0.4) is 0 Å². The molecular formula is C23H31N3O4S. The Morgan fingerprint density at radius 2 is 1.87 bits per heavy atom. The highest BCUT2D eigenvalue weighted by molar-refractivity contribution is 7.13. The molecule has 31 heavy (non-hydrogen) atoms. The molecule has 168 valence electrons. The van der Waals surface area contributed by atoms with Crippen molar-refractivity contribution in [2.75, 3.05) is 18.5 Å². The Morgan fingerprint density at radius 1 is 1.16 bits per heavy atom. The second kappa shape index (κ2) is 10.6. The first kappa shape index (κ1) is 23.1. The molecule has 1 aromatic heterocycles. The van der Waals surface area contributed by atoms with Crippen LogP contribution in [-0.2, 0) is 16.0 Å². The van der Waals surface area contributed by atoms with E-state index in [1.807, 2.05) is 37.4 Å². The van der Waals surface area contributed by atoms with Crippen molar-refractivity contribution >= 4 is 28.3 Å². The lowest BCUT2D eigenvalue weighted by molar-refractivity contribution is -0.121. The van der Waals surface area contributed by atoms with Crippen molar-refractivity contribution in [3.05, 3.63) is 34.8 Å².